The maximum absolute atomic E-state index is 12.7. The maximum Gasteiger partial charge on any atom is 0.282 e. The normalized spacial score (nSPS) is 18.3. The Bertz CT molecular complexity index is 374. The molecular weight excluding hydrogens is 224 g/mol. The molecule has 1 aliphatic carbocycles. The highest BCUT2D eigenvalue weighted by Crippen LogP contribution is 2.31. The third-order valence-corrected chi connectivity index (χ3v) is 3.29. The molecule has 17 heavy (non-hydrogen) atoms. The van der Waals surface area contributed by atoms with Crippen LogP contribution in [-0.2, 0) is 0 Å². The van der Waals surface area contributed by atoms with Crippen molar-refractivity contribution in [2.24, 2.45) is 0 Å². The Labute approximate surface area is 99.5 Å². The van der Waals surface area contributed by atoms with Crippen molar-refractivity contribution in [3.05, 3.63) is 17.7 Å². The minimum Gasteiger partial charge on any atom is -0.396 e. The Morgan fingerprint density at radius 3 is 2.41 bits per heavy atom. The van der Waals surface area contributed by atoms with Crippen LogP contribution in [0, 0.1) is 0 Å². The van der Waals surface area contributed by atoms with E-state index in [0.29, 0.717) is 5.82 Å². The summed E-state index contributed by atoms with van der Waals surface area (Å²) in [6.45, 7) is 0. The van der Waals surface area contributed by atoms with Crippen molar-refractivity contribution in [1.29, 1.82) is 0 Å². The van der Waals surface area contributed by atoms with Gasteiger partial charge in [-0.05, 0) is 12.8 Å². The van der Waals surface area contributed by atoms with Crippen LogP contribution >= 0.6 is 0 Å². The molecule has 1 aromatic heterocycles. The van der Waals surface area contributed by atoms with Crippen molar-refractivity contribution < 1.29 is 8.78 Å². The van der Waals surface area contributed by atoms with Gasteiger partial charge in [-0.3, -0.25) is 0 Å². The number of halogens is 2. The number of nitrogens with zero attached hydrogens (tertiary/aromatic N) is 2. The molecule has 2 N–H and O–H groups in total. The van der Waals surface area contributed by atoms with E-state index in [-0.39, 0.29) is 17.3 Å². The number of nitrogens with two attached hydrogens (primary N) is 1. The van der Waals surface area contributed by atoms with Crippen LogP contribution in [0.3, 0.4) is 0 Å². The summed E-state index contributed by atoms with van der Waals surface area (Å²) in [5.74, 6) is 0.756. The van der Waals surface area contributed by atoms with Crippen molar-refractivity contribution in [3.63, 3.8) is 0 Å². The van der Waals surface area contributed by atoms with Crippen molar-refractivity contribution in [2.45, 2.75) is 50.9 Å². The van der Waals surface area contributed by atoms with Gasteiger partial charge in [-0.15, -0.1) is 0 Å². The van der Waals surface area contributed by atoms with E-state index >= 15 is 0 Å². The Balaban J connectivity index is 2.22. The second-order valence-electron chi connectivity index (χ2n) is 4.56. The molecule has 1 aliphatic rings. The summed E-state index contributed by atoms with van der Waals surface area (Å²) in [4.78, 5) is 8.07. The van der Waals surface area contributed by atoms with Crippen LogP contribution < -0.4 is 5.73 Å². The van der Waals surface area contributed by atoms with E-state index in [1.54, 1.807) is 0 Å². The fourth-order valence-electron chi connectivity index (χ4n) is 2.33. The highest BCUT2D eigenvalue weighted by Gasteiger charge is 2.20. The number of alkyl halides is 2. The van der Waals surface area contributed by atoms with E-state index in [4.69, 9.17) is 5.73 Å². The predicted octanol–water partition coefficient (Wildman–Crippen LogP) is 3.43. The molecule has 5 heteroatoms. The first-order valence-corrected chi connectivity index (χ1v) is 6.09. The number of rotatable bonds is 2. The van der Waals surface area contributed by atoms with Crippen molar-refractivity contribution in [2.75, 3.05) is 5.73 Å². The lowest BCUT2D eigenvalue weighted by Crippen LogP contribution is -2.08. The largest absolute Gasteiger partial charge is 0.396 e. The lowest BCUT2D eigenvalue weighted by atomic mass is 9.99. The van der Waals surface area contributed by atoms with Gasteiger partial charge < -0.3 is 5.73 Å². The van der Waals surface area contributed by atoms with Crippen molar-refractivity contribution >= 4 is 5.69 Å². The summed E-state index contributed by atoms with van der Waals surface area (Å²) in [5.41, 5.74) is 5.11. The molecule has 1 fully saturated rings. The van der Waals surface area contributed by atoms with E-state index in [0.717, 1.165) is 25.7 Å². The molecule has 0 radical (unpaired) electrons. The summed E-state index contributed by atoms with van der Waals surface area (Å²) >= 11 is 0. The molecule has 0 bridgehead atoms. The predicted molar refractivity (Wildman–Crippen MR) is 61.8 cm³/mol. The second kappa shape index (κ2) is 5.38. The third kappa shape index (κ3) is 2.90. The lowest BCUT2D eigenvalue weighted by molar-refractivity contribution is 0.146. The van der Waals surface area contributed by atoms with Gasteiger partial charge in [-0.2, -0.15) is 0 Å². The van der Waals surface area contributed by atoms with E-state index < -0.39 is 6.43 Å². The summed E-state index contributed by atoms with van der Waals surface area (Å²) in [6, 6.07) is 0. The first kappa shape index (κ1) is 12.2. The van der Waals surface area contributed by atoms with E-state index in [1.807, 2.05) is 0 Å². The standard InChI is InChI=1S/C12H17F2N3/c13-11(14)10-9(15)7-16-12(17-10)8-5-3-1-2-4-6-8/h7-8,11H,1-6,15H2. The maximum atomic E-state index is 12.7. The SMILES string of the molecule is Nc1cnc(C2CCCCCC2)nc1C(F)F. The molecule has 0 aliphatic heterocycles. The average Bonchev–Trinajstić information content (AvgIpc) is 2.58. The fourth-order valence-corrected chi connectivity index (χ4v) is 2.33. The Hall–Kier alpha value is -1.26. The average molecular weight is 241 g/mol. The zero-order valence-electron chi connectivity index (χ0n) is 9.70. The van der Waals surface area contributed by atoms with Gasteiger partial charge in [0, 0.05) is 5.92 Å². The minimum atomic E-state index is -2.62. The molecule has 2 rings (SSSR count). The summed E-state index contributed by atoms with van der Waals surface area (Å²) in [5, 5.41) is 0. The number of nitrogen functional groups attached to an aromatic ring is 1. The van der Waals surface area contributed by atoms with E-state index in [2.05, 4.69) is 9.97 Å². The topological polar surface area (TPSA) is 51.8 Å². The van der Waals surface area contributed by atoms with Gasteiger partial charge in [0.15, 0.2) is 0 Å². The van der Waals surface area contributed by atoms with Crippen molar-refractivity contribution in [1.82, 2.24) is 9.97 Å². The molecule has 1 heterocycles. The molecule has 3 nitrogen and oxygen atoms in total. The van der Waals surface area contributed by atoms with Crippen LogP contribution in [0.5, 0.6) is 0 Å². The van der Waals surface area contributed by atoms with Gasteiger partial charge in [-0.25, -0.2) is 18.7 Å². The van der Waals surface area contributed by atoms with Gasteiger partial charge in [0.05, 0.1) is 11.9 Å². The van der Waals surface area contributed by atoms with Crippen LogP contribution in [0.15, 0.2) is 6.20 Å². The summed E-state index contributed by atoms with van der Waals surface area (Å²) in [7, 11) is 0. The number of anilines is 1. The van der Waals surface area contributed by atoms with E-state index in [9.17, 15) is 8.78 Å². The minimum absolute atomic E-state index is 0.0163. The number of hydrogen-bond acceptors (Lipinski definition) is 3. The van der Waals surface area contributed by atoms with Crippen LogP contribution in [0.4, 0.5) is 14.5 Å². The van der Waals surface area contributed by atoms with Gasteiger partial charge in [0.2, 0.25) is 0 Å². The van der Waals surface area contributed by atoms with Gasteiger partial charge >= 0.3 is 0 Å². The quantitative estimate of drug-likeness (QED) is 0.807. The molecule has 0 amide bonds. The molecular formula is C12H17F2N3. The molecule has 1 saturated carbocycles. The molecule has 0 aromatic carbocycles. The Kier molecular flexibility index (Phi) is 3.86. The fraction of sp³-hybridized carbons (Fsp3) is 0.667. The summed E-state index contributed by atoms with van der Waals surface area (Å²) in [6.07, 6.45) is 5.36. The zero-order chi connectivity index (χ0) is 12.3. The molecule has 0 atom stereocenters. The van der Waals surface area contributed by atoms with Gasteiger partial charge in [0.1, 0.15) is 11.5 Å². The zero-order valence-corrected chi connectivity index (χ0v) is 9.70. The second-order valence-corrected chi connectivity index (χ2v) is 4.56. The first-order chi connectivity index (χ1) is 8.18. The molecule has 1 aromatic rings. The molecule has 0 unspecified atom stereocenters. The van der Waals surface area contributed by atoms with Crippen molar-refractivity contribution in [3.8, 4) is 0 Å². The molecule has 0 spiro atoms. The summed E-state index contributed by atoms with van der Waals surface area (Å²) < 4.78 is 25.4. The van der Waals surface area contributed by atoms with E-state index in [1.165, 1.54) is 19.0 Å². The monoisotopic (exact) mass is 241 g/mol. The Morgan fingerprint density at radius 2 is 1.82 bits per heavy atom. The molecule has 0 saturated heterocycles. The van der Waals surface area contributed by atoms with Crippen LogP contribution in [-0.4, -0.2) is 9.97 Å². The van der Waals surface area contributed by atoms with Gasteiger partial charge in [-0.1, -0.05) is 25.7 Å². The van der Waals surface area contributed by atoms with Gasteiger partial charge in [0.25, 0.3) is 6.43 Å². The molecule has 94 valence electrons. The third-order valence-electron chi connectivity index (χ3n) is 3.29. The Morgan fingerprint density at radius 1 is 1.18 bits per heavy atom. The van der Waals surface area contributed by atoms with Crippen LogP contribution in [0.2, 0.25) is 0 Å². The smallest absolute Gasteiger partial charge is 0.282 e. The van der Waals surface area contributed by atoms with Crippen LogP contribution in [0.1, 0.15) is 62.4 Å². The highest BCUT2D eigenvalue weighted by atomic mass is 19.3. The van der Waals surface area contributed by atoms with Crippen LogP contribution in [0.25, 0.3) is 0 Å². The number of hydrogen-bond donors (Lipinski definition) is 1. The number of aromatic nitrogens is 2. The lowest BCUT2D eigenvalue weighted by Gasteiger charge is -2.14. The first-order valence-electron chi connectivity index (χ1n) is 6.09. The highest BCUT2D eigenvalue weighted by molar-refractivity contribution is 5.41.